The van der Waals surface area contributed by atoms with Crippen LogP contribution in [0.2, 0.25) is 0 Å². The number of rotatable bonds is 4. The number of benzene rings is 1. The SMILES string of the molecule is CCc1nccn1-c1c(C)cc(OC)cc1OC. The second-order valence-corrected chi connectivity index (χ2v) is 4.06. The first-order valence-electron chi connectivity index (χ1n) is 5.96. The van der Waals surface area contributed by atoms with Crippen molar-refractivity contribution in [1.82, 2.24) is 9.55 Å². The molecular formula is C14H18N2O2. The summed E-state index contributed by atoms with van der Waals surface area (Å²) in [6, 6.07) is 3.89. The van der Waals surface area contributed by atoms with Crippen LogP contribution in [0.5, 0.6) is 11.5 Å². The minimum absolute atomic E-state index is 0.791. The van der Waals surface area contributed by atoms with Gasteiger partial charge in [-0.05, 0) is 18.6 Å². The number of methoxy groups -OCH3 is 2. The summed E-state index contributed by atoms with van der Waals surface area (Å²) in [6.45, 7) is 4.13. The van der Waals surface area contributed by atoms with Crippen molar-refractivity contribution in [3.8, 4) is 17.2 Å². The Hall–Kier alpha value is -1.97. The predicted molar refractivity (Wildman–Crippen MR) is 70.8 cm³/mol. The number of aromatic nitrogens is 2. The highest BCUT2D eigenvalue weighted by molar-refractivity contribution is 5.57. The van der Waals surface area contributed by atoms with E-state index in [2.05, 4.69) is 16.5 Å². The number of nitrogens with zero attached hydrogens (tertiary/aromatic N) is 2. The summed E-state index contributed by atoms with van der Waals surface area (Å²) in [5.41, 5.74) is 2.12. The number of hydrogen-bond acceptors (Lipinski definition) is 3. The summed E-state index contributed by atoms with van der Waals surface area (Å²) in [5.74, 6) is 2.60. The number of ether oxygens (including phenoxy) is 2. The quantitative estimate of drug-likeness (QED) is 0.832. The molecule has 0 bridgehead atoms. The molecule has 0 unspecified atom stereocenters. The van der Waals surface area contributed by atoms with Gasteiger partial charge < -0.3 is 9.47 Å². The van der Waals surface area contributed by atoms with Gasteiger partial charge in [-0.25, -0.2) is 4.98 Å². The molecule has 4 heteroatoms. The fraction of sp³-hybridized carbons (Fsp3) is 0.357. The zero-order valence-electron chi connectivity index (χ0n) is 11.2. The van der Waals surface area contributed by atoms with E-state index in [-0.39, 0.29) is 0 Å². The van der Waals surface area contributed by atoms with Crippen LogP contribution in [-0.4, -0.2) is 23.8 Å². The van der Waals surface area contributed by atoms with E-state index in [0.29, 0.717) is 0 Å². The first kappa shape index (κ1) is 12.5. The van der Waals surface area contributed by atoms with E-state index in [1.807, 2.05) is 31.5 Å². The minimum atomic E-state index is 0.791. The Morgan fingerprint density at radius 1 is 1.22 bits per heavy atom. The van der Waals surface area contributed by atoms with Gasteiger partial charge in [0.05, 0.1) is 19.9 Å². The molecule has 0 aliphatic carbocycles. The summed E-state index contributed by atoms with van der Waals surface area (Å²) in [5, 5.41) is 0. The molecule has 0 N–H and O–H groups in total. The van der Waals surface area contributed by atoms with E-state index in [1.54, 1.807) is 14.2 Å². The molecule has 0 radical (unpaired) electrons. The molecule has 0 saturated carbocycles. The minimum Gasteiger partial charge on any atom is -0.497 e. The molecule has 0 fully saturated rings. The summed E-state index contributed by atoms with van der Waals surface area (Å²) in [6.07, 6.45) is 4.64. The fourth-order valence-corrected chi connectivity index (χ4v) is 2.10. The average molecular weight is 246 g/mol. The first-order chi connectivity index (χ1) is 8.71. The molecule has 18 heavy (non-hydrogen) atoms. The fourth-order valence-electron chi connectivity index (χ4n) is 2.10. The van der Waals surface area contributed by atoms with Crippen LogP contribution in [0.4, 0.5) is 0 Å². The van der Waals surface area contributed by atoms with E-state index in [0.717, 1.165) is 35.0 Å². The topological polar surface area (TPSA) is 36.3 Å². The molecule has 0 aliphatic heterocycles. The number of imidazole rings is 1. The summed E-state index contributed by atoms with van der Waals surface area (Å²) in [7, 11) is 3.32. The molecule has 0 atom stereocenters. The van der Waals surface area contributed by atoms with Crippen molar-refractivity contribution in [2.75, 3.05) is 14.2 Å². The van der Waals surface area contributed by atoms with Crippen LogP contribution >= 0.6 is 0 Å². The highest BCUT2D eigenvalue weighted by atomic mass is 16.5. The monoisotopic (exact) mass is 246 g/mol. The summed E-state index contributed by atoms with van der Waals surface area (Å²) in [4.78, 5) is 4.35. The third-order valence-electron chi connectivity index (χ3n) is 2.97. The van der Waals surface area contributed by atoms with Crippen LogP contribution in [0.3, 0.4) is 0 Å². The van der Waals surface area contributed by atoms with Gasteiger partial charge in [0.1, 0.15) is 17.3 Å². The lowest BCUT2D eigenvalue weighted by atomic mass is 10.1. The molecule has 4 nitrogen and oxygen atoms in total. The maximum Gasteiger partial charge on any atom is 0.146 e. The Bertz CT molecular complexity index is 547. The lowest BCUT2D eigenvalue weighted by Gasteiger charge is -2.16. The highest BCUT2D eigenvalue weighted by Gasteiger charge is 2.13. The third kappa shape index (κ3) is 2.06. The van der Waals surface area contributed by atoms with Crippen LogP contribution in [0.15, 0.2) is 24.5 Å². The van der Waals surface area contributed by atoms with E-state index in [9.17, 15) is 0 Å². The second-order valence-electron chi connectivity index (χ2n) is 4.06. The number of hydrogen-bond donors (Lipinski definition) is 0. The average Bonchev–Trinajstić information content (AvgIpc) is 2.85. The van der Waals surface area contributed by atoms with Gasteiger partial charge in [-0.1, -0.05) is 6.92 Å². The van der Waals surface area contributed by atoms with Gasteiger partial charge in [0.15, 0.2) is 0 Å². The second kappa shape index (κ2) is 5.12. The van der Waals surface area contributed by atoms with Crippen LogP contribution < -0.4 is 9.47 Å². The first-order valence-corrected chi connectivity index (χ1v) is 5.96. The Labute approximate surface area is 107 Å². The van der Waals surface area contributed by atoms with Crippen molar-refractivity contribution >= 4 is 0 Å². The molecule has 1 aromatic heterocycles. The largest absolute Gasteiger partial charge is 0.497 e. The van der Waals surface area contributed by atoms with Crippen molar-refractivity contribution in [1.29, 1.82) is 0 Å². The van der Waals surface area contributed by atoms with E-state index in [1.165, 1.54) is 0 Å². The Morgan fingerprint density at radius 3 is 2.61 bits per heavy atom. The Kier molecular flexibility index (Phi) is 3.55. The van der Waals surface area contributed by atoms with Crippen molar-refractivity contribution in [3.63, 3.8) is 0 Å². The lowest BCUT2D eigenvalue weighted by molar-refractivity contribution is 0.392. The Balaban J connectivity index is 2.63. The molecule has 2 rings (SSSR count). The Morgan fingerprint density at radius 2 is 2.00 bits per heavy atom. The van der Waals surface area contributed by atoms with Crippen LogP contribution in [0.25, 0.3) is 5.69 Å². The van der Waals surface area contributed by atoms with E-state index in [4.69, 9.17) is 9.47 Å². The standard InChI is InChI=1S/C14H18N2O2/c1-5-13-15-6-7-16(13)14-10(2)8-11(17-3)9-12(14)18-4/h6-9H,5H2,1-4H3. The van der Waals surface area contributed by atoms with Crippen LogP contribution in [0.1, 0.15) is 18.3 Å². The third-order valence-corrected chi connectivity index (χ3v) is 2.97. The molecule has 1 aromatic carbocycles. The molecule has 0 aliphatic rings. The zero-order valence-corrected chi connectivity index (χ0v) is 11.2. The van der Waals surface area contributed by atoms with E-state index >= 15 is 0 Å². The van der Waals surface area contributed by atoms with Crippen LogP contribution in [-0.2, 0) is 6.42 Å². The lowest BCUT2D eigenvalue weighted by Crippen LogP contribution is -2.04. The number of aryl methyl sites for hydroxylation is 2. The molecule has 1 heterocycles. The van der Waals surface area contributed by atoms with Gasteiger partial charge in [0, 0.05) is 24.9 Å². The van der Waals surface area contributed by atoms with Gasteiger partial charge in [-0.2, -0.15) is 0 Å². The molecule has 0 spiro atoms. The van der Waals surface area contributed by atoms with Crippen molar-refractivity contribution in [2.24, 2.45) is 0 Å². The highest BCUT2D eigenvalue weighted by Crippen LogP contribution is 2.32. The van der Waals surface area contributed by atoms with Gasteiger partial charge >= 0.3 is 0 Å². The van der Waals surface area contributed by atoms with Gasteiger partial charge in [-0.15, -0.1) is 0 Å². The normalized spacial score (nSPS) is 10.4. The van der Waals surface area contributed by atoms with Crippen molar-refractivity contribution in [2.45, 2.75) is 20.3 Å². The van der Waals surface area contributed by atoms with Crippen molar-refractivity contribution in [3.05, 3.63) is 35.9 Å². The van der Waals surface area contributed by atoms with Gasteiger partial charge in [-0.3, -0.25) is 4.57 Å². The van der Waals surface area contributed by atoms with Gasteiger partial charge in [0.2, 0.25) is 0 Å². The zero-order chi connectivity index (χ0) is 13.1. The summed E-state index contributed by atoms with van der Waals surface area (Å²) >= 11 is 0. The van der Waals surface area contributed by atoms with E-state index < -0.39 is 0 Å². The predicted octanol–water partition coefficient (Wildman–Crippen LogP) is 2.76. The van der Waals surface area contributed by atoms with Crippen molar-refractivity contribution < 1.29 is 9.47 Å². The maximum absolute atomic E-state index is 5.46. The molecule has 2 aromatic rings. The van der Waals surface area contributed by atoms with Crippen LogP contribution in [0, 0.1) is 6.92 Å². The molecule has 96 valence electrons. The maximum atomic E-state index is 5.46. The molecule has 0 amide bonds. The summed E-state index contributed by atoms with van der Waals surface area (Å²) < 4.78 is 12.8. The van der Waals surface area contributed by atoms with Gasteiger partial charge in [0.25, 0.3) is 0 Å². The smallest absolute Gasteiger partial charge is 0.146 e. The molecular weight excluding hydrogens is 228 g/mol. The molecule has 0 saturated heterocycles.